The van der Waals surface area contributed by atoms with Crippen molar-refractivity contribution >= 4 is 19.8 Å². The summed E-state index contributed by atoms with van der Waals surface area (Å²) in [6.07, 6.45) is 47.2. The maximum atomic E-state index is 12.7. The molecule has 0 aromatic carbocycles. The summed E-state index contributed by atoms with van der Waals surface area (Å²) in [6, 6.07) is 0. The second-order valence-electron chi connectivity index (χ2n) is 16.8. The predicted molar refractivity (Wildman–Crippen MR) is 243 cm³/mol. The minimum atomic E-state index is -4.38. The highest BCUT2D eigenvalue weighted by atomic mass is 31.2. The molecule has 0 saturated heterocycles. The molecular formula is C48H89NO8P+. The number of unbranched alkanes of at least 4 members (excludes halogenated alkanes) is 20. The Balaban J connectivity index is 4.34. The molecule has 0 saturated carbocycles. The molecule has 0 aromatic rings. The fourth-order valence-corrected chi connectivity index (χ4v) is 6.87. The van der Waals surface area contributed by atoms with E-state index in [1.807, 2.05) is 21.1 Å². The Bertz CT molecular complexity index is 1130. The number of hydrogen-bond acceptors (Lipinski definition) is 7. The molecule has 0 amide bonds. The van der Waals surface area contributed by atoms with E-state index in [1.165, 1.54) is 83.5 Å². The van der Waals surface area contributed by atoms with Crippen LogP contribution >= 0.6 is 7.82 Å². The van der Waals surface area contributed by atoms with Crippen molar-refractivity contribution in [3.63, 3.8) is 0 Å². The second kappa shape index (κ2) is 40.4. The number of esters is 2. The molecule has 2 atom stereocenters. The standard InChI is InChI=1S/C48H88NO8P/c1-6-8-10-12-14-16-18-20-22-23-24-25-27-29-31-33-35-37-39-41-48(51)57-46(45-56-58(52,53)55-43-42-49(3,4)5)44-54-47(50)40-38-36-34-32-30-28-26-21-19-17-15-13-11-9-7-2/h14-17,20-22,26,46H,6-13,18-19,23-25,27-45H2,1-5H3/p+1/b16-14-,17-15-,22-20-,26-21-. The number of carbonyl (C=O) groups excluding carboxylic acids is 2. The molecule has 10 heteroatoms. The largest absolute Gasteiger partial charge is 0.472 e. The van der Waals surface area contributed by atoms with Crippen LogP contribution in [0.4, 0.5) is 0 Å². The molecule has 0 aliphatic heterocycles. The Morgan fingerprint density at radius 2 is 0.931 bits per heavy atom. The maximum Gasteiger partial charge on any atom is 0.472 e. The zero-order chi connectivity index (χ0) is 42.8. The van der Waals surface area contributed by atoms with E-state index >= 15 is 0 Å². The van der Waals surface area contributed by atoms with Crippen LogP contribution in [0.3, 0.4) is 0 Å². The van der Waals surface area contributed by atoms with Gasteiger partial charge in [-0.15, -0.1) is 0 Å². The topological polar surface area (TPSA) is 108 Å². The molecule has 0 aliphatic carbocycles. The molecule has 0 bridgehead atoms. The lowest BCUT2D eigenvalue weighted by molar-refractivity contribution is -0.870. The molecule has 338 valence electrons. The van der Waals surface area contributed by atoms with Crippen LogP contribution < -0.4 is 0 Å². The summed E-state index contributed by atoms with van der Waals surface area (Å²) in [5.41, 5.74) is 0. The first-order valence-corrected chi connectivity index (χ1v) is 24.9. The summed E-state index contributed by atoms with van der Waals surface area (Å²) in [7, 11) is 1.46. The molecule has 58 heavy (non-hydrogen) atoms. The number of ether oxygens (including phenoxy) is 2. The number of carbonyl (C=O) groups is 2. The van der Waals surface area contributed by atoms with Crippen LogP contribution in [0.25, 0.3) is 0 Å². The first-order valence-electron chi connectivity index (χ1n) is 23.4. The van der Waals surface area contributed by atoms with Crippen LogP contribution in [0, 0.1) is 0 Å². The van der Waals surface area contributed by atoms with Crippen LogP contribution in [0.5, 0.6) is 0 Å². The van der Waals surface area contributed by atoms with Gasteiger partial charge in [-0.25, -0.2) is 4.57 Å². The monoisotopic (exact) mass is 839 g/mol. The van der Waals surface area contributed by atoms with E-state index < -0.39 is 26.5 Å². The normalized spacial score (nSPS) is 14.0. The number of phosphoric ester groups is 1. The molecular weight excluding hydrogens is 750 g/mol. The average molecular weight is 839 g/mol. The van der Waals surface area contributed by atoms with E-state index in [4.69, 9.17) is 18.5 Å². The lowest BCUT2D eigenvalue weighted by Gasteiger charge is -2.24. The maximum absolute atomic E-state index is 12.7. The molecule has 2 unspecified atom stereocenters. The smallest absolute Gasteiger partial charge is 0.462 e. The highest BCUT2D eigenvalue weighted by Crippen LogP contribution is 2.43. The Morgan fingerprint density at radius 3 is 1.36 bits per heavy atom. The molecule has 0 aromatic heterocycles. The van der Waals surface area contributed by atoms with Gasteiger partial charge in [-0.1, -0.05) is 152 Å². The van der Waals surface area contributed by atoms with Crippen LogP contribution in [0.15, 0.2) is 48.6 Å². The summed E-state index contributed by atoms with van der Waals surface area (Å²) in [5.74, 6) is -0.819. The van der Waals surface area contributed by atoms with E-state index in [0.29, 0.717) is 17.4 Å². The number of nitrogens with zero attached hydrogens (tertiary/aromatic N) is 1. The molecule has 0 radical (unpaired) electrons. The van der Waals surface area contributed by atoms with Gasteiger partial charge >= 0.3 is 19.8 Å². The van der Waals surface area contributed by atoms with E-state index in [9.17, 15) is 19.0 Å². The lowest BCUT2D eigenvalue weighted by atomic mass is 10.1. The molecule has 1 N–H and O–H groups in total. The first-order chi connectivity index (χ1) is 28.0. The van der Waals surface area contributed by atoms with Gasteiger partial charge in [-0.2, -0.15) is 0 Å². The summed E-state index contributed by atoms with van der Waals surface area (Å²) in [4.78, 5) is 35.4. The minimum Gasteiger partial charge on any atom is -0.462 e. The Kier molecular flexibility index (Phi) is 39.0. The van der Waals surface area contributed by atoms with E-state index in [-0.39, 0.29) is 32.0 Å². The van der Waals surface area contributed by atoms with Crippen molar-refractivity contribution in [2.45, 2.75) is 200 Å². The molecule has 0 spiro atoms. The highest BCUT2D eigenvalue weighted by molar-refractivity contribution is 7.47. The number of phosphoric acid groups is 1. The fourth-order valence-electron chi connectivity index (χ4n) is 6.13. The van der Waals surface area contributed by atoms with Gasteiger partial charge in [0.1, 0.15) is 19.8 Å². The van der Waals surface area contributed by atoms with Crippen molar-refractivity contribution in [1.82, 2.24) is 0 Å². The van der Waals surface area contributed by atoms with Gasteiger partial charge in [0.05, 0.1) is 27.7 Å². The molecule has 0 fully saturated rings. The van der Waals surface area contributed by atoms with Crippen LogP contribution in [0.1, 0.15) is 194 Å². The Hall–Kier alpha value is -2.03. The van der Waals surface area contributed by atoms with Crippen molar-refractivity contribution in [3.8, 4) is 0 Å². The van der Waals surface area contributed by atoms with Crippen molar-refractivity contribution in [2.75, 3.05) is 47.5 Å². The first kappa shape index (κ1) is 56.0. The summed E-state index contributed by atoms with van der Waals surface area (Å²) >= 11 is 0. The number of hydrogen-bond donors (Lipinski definition) is 1. The SMILES string of the molecule is CCCCC/C=C\C/C=C\CCCCCCCCCCCC(=O)OC(COC(=O)CCCCCCC/C=C\C/C=C\CCCCC)COP(=O)(O)OCC[N+](C)(C)C. The Morgan fingerprint density at radius 1 is 0.534 bits per heavy atom. The van der Waals surface area contributed by atoms with Crippen molar-refractivity contribution < 1.29 is 42.1 Å². The van der Waals surface area contributed by atoms with E-state index in [0.717, 1.165) is 77.0 Å². The number of quaternary nitrogens is 1. The average Bonchev–Trinajstić information content (AvgIpc) is 3.17. The quantitative estimate of drug-likeness (QED) is 0.0213. The number of likely N-dealkylation sites (N-methyl/N-ethyl adjacent to an activating group) is 1. The van der Waals surface area contributed by atoms with Gasteiger partial charge in [0.15, 0.2) is 6.10 Å². The van der Waals surface area contributed by atoms with Crippen molar-refractivity contribution in [3.05, 3.63) is 48.6 Å². The summed E-state index contributed by atoms with van der Waals surface area (Å²) in [5, 5.41) is 0. The third-order valence-corrected chi connectivity index (χ3v) is 10.8. The second-order valence-corrected chi connectivity index (χ2v) is 18.2. The summed E-state index contributed by atoms with van der Waals surface area (Å²) < 4.78 is 34.3. The summed E-state index contributed by atoms with van der Waals surface area (Å²) in [6.45, 7) is 4.35. The van der Waals surface area contributed by atoms with Crippen LogP contribution in [-0.2, 0) is 32.7 Å². The van der Waals surface area contributed by atoms with Crippen LogP contribution in [0.2, 0.25) is 0 Å². The Labute approximate surface area is 356 Å². The minimum absolute atomic E-state index is 0.0272. The van der Waals surface area contributed by atoms with Gasteiger partial charge in [-0.3, -0.25) is 18.6 Å². The zero-order valence-corrected chi connectivity index (χ0v) is 38.9. The molecule has 0 rings (SSSR count). The van der Waals surface area contributed by atoms with Crippen molar-refractivity contribution in [2.24, 2.45) is 0 Å². The van der Waals surface area contributed by atoms with E-state index in [2.05, 4.69) is 62.5 Å². The lowest BCUT2D eigenvalue weighted by Crippen LogP contribution is -2.37. The van der Waals surface area contributed by atoms with Gasteiger partial charge in [-0.05, 0) is 77.0 Å². The molecule has 0 aliphatic rings. The molecule has 9 nitrogen and oxygen atoms in total. The van der Waals surface area contributed by atoms with Gasteiger partial charge in [0, 0.05) is 12.8 Å². The van der Waals surface area contributed by atoms with Gasteiger partial charge < -0.3 is 18.9 Å². The molecule has 0 heterocycles. The number of rotatable bonds is 42. The number of allylic oxidation sites excluding steroid dienone is 8. The van der Waals surface area contributed by atoms with Gasteiger partial charge in [0.25, 0.3) is 0 Å². The fraction of sp³-hybridized carbons (Fsp3) is 0.792. The van der Waals surface area contributed by atoms with E-state index in [1.54, 1.807) is 0 Å². The third-order valence-electron chi connectivity index (χ3n) is 9.83. The highest BCUT2D eigenvalue weighted by Gasteiger charge is 2.27. The third kappa shape index (κ3) is 43.5. The van der Waals surface area contributed by atoms with Crippen LogP contribution in [-0.4, -0.2) is 74.9 Å². The van der Waals surface area contributed by atoms with Crippen molar-refractivity contribution in [1.29, 1.82) is 0 Å². The van der Waals surface area contributed by atoms with Gasteiger partial charge in [0.2, 0.25) is 0 Å². The predicted octanol–water partition coefficient (Wildman–Crippen LogP) is 13.5. The zero-order valence-electron chi connectivity index (χ0n) is 38.0.